The second-order valence-corrected chi connectivity index (χ2v) is 11.8. The molecule has 8 rings (SSSR count). The van der Waals surface area contributed by atoms with E-state index < -0.39 is 0 Å². The van der Waals surface area contributed by atoms with Crippen LogP contribution >= 0.6 is 0 Å². The van der Waals surface area contributed by atoms with E-state index in [9.17, 15) is 0 Å². The molecule has 0 amide bonds. The van der Waals surface area contributed by atoms with E-state index in [1.165, 1.54) is 97.8 Å². The Morgan fingerprint density at radius 1 is 0.788 bits per heavy atom. The van der Waals surface area contributed by atoms with E-state index in [4.69, 9.17) is 0 Å². The molecule has 0 aliphatic heterocycles. The molecule has 6 aliphatic rings. The van der Waals surface area contributed by atoms with Crippen molar-refractivity contribution >= 4 is 12.2 Å². The van der Waals surface area contributed by atoms with Gasteiger partial charge in [0.25, 0.3) is 0 Å². The zero-order valence-corrected chi connectivity index (χ0v) is 22.2. The van der Waals surface area contributed by atoms with Crippen molar-refractivity contribution in [2.75, 3.05) is 0 Å². The van der Waals surface area contributed by atoms with Crippen LogP contribution in [0, 0.1) is 23.7 Å². The van der Waals surface area contributed by atoms with E-state index in [0.29, 0.717) is 5.41 Å². The molecule has 1 radical (unpaired) electrons. The van der Waals surface area contributed by atoms with Gasteiger partial charge in [-0.1, -0.05) is 67.8 Å². The van der Waals surface area contributed by atoms with Crippen LogP contribution in [0.2, 0.25) is 0 Å². The minimum atomic E-state index is 0. The van der Waals surface area contributed by atoms with Crippen molar-refractivity contribution in [2.45, 2.75) is 76.0 Å². The fourth-order valence-corrected chi connectivity index (χ4v) is 8.54. The van der Waals surface area contributed by atoms with Crippen LogP contribution in [0.3, 0.4) is 0 Å². The van der Waals surface area contributed by atoms with E-state index in [1.807, 2.05) is 0 Å². The molecule has 0 N–H and O–H groups in total. The maximum Gasteiger partial charge on any atom is 0 e. The molecule has 0 nitrogen and oxygen atoms in total. The summed E-state index contributed by atoms with van der Waals surface area (Å²) in [5, 5.41) is 2.65. The van der Waals surface area contributed by atoms with Crippen LogP contribution in [0.15, 0.2) is 54.1 Å². The van der Waals surface area contributed by atoms with Crippen molar-refractivity contribution in [3.05, 3.63) is 70.1 Å². The third-order valence-electron chi connectivity index (χ3n) is 9.60. The summed E-state index contributed by atoms with van der Waals surface area (Å²) in [6.07, 6.45) is 24.4. The van der Waals surface area contributed by atoms with Crippen LogP contribution in [-0.2, 0) is 31.6 Å². The molecule has 1 heteroatoms. The Balaban J connectivity index is 0.00000206. The number of benzene rings is 2. The van der Waals surface area contributed by atoms with Crippen LogP contribution < -0.4 is 10.4 Å². The second kappa shape index (κ2) is 8.79. The normalized spacial score (nSPS) is 33.3. The number of hydrogen-bond acceptors (Lipinski definition) is 0. The summed E-state index contributed by atoms with van der Waals surface area (Å²) in [4.78, 5) is 0. The Morgan fingerprint density at radius 2 is 1.45 bits per heavy atom. The third kappa shape index (κ3) is 4.01. The van der Waals surface area contributed by atoms with Gasteiger partial charge in [-0.15, -0.1) is 0 Å². The quantitative estimate of drug-likeness (QED) is 0.427. The summed E-state index contributed by atoms with van der Waals surface area (Å²) in [6, 6.07) is 16.6. The van der Waals surface area contributed by atoms with Crippen molar-refractivity contribution in [1.29, 1.82) is 0 Å². The van der Waals surface area contributed by atoms with Gasteiger partial charge < -0.3 is 0 Å². The van der Waals surface area contributed by atoms with Gasteiger partial charge in [-0.3, -0.25) is 0 Å². The first-order valence-electron chi connectivity index (χ1n) is 13.3. The molecule has 0 saturated heterocycles. The summed E-state index contributed by atoms with van der Waals surface area (Å²) in [7, 11) is 0. The Labute approximate surface area is 218 Å². The maximum absolute atomic E-state index is 3.70. The Morgan fingerprint density at radius 3 is 2.12 bits per heavy atom. The largest absolute Gasteiger partial charge is 0.0735 e. The minimum absolute atomic E-state index is 0. The van der Waals surface area contributed by atoms with Crippen molar-refractivity contribution in [3.8, 4) is 11.1 Å². The molecule has 5 fully saturated rings. The molecule has 0 spiro atoms. The molecule has 6 aliphatic carbocycles. The molecule has 2 aromatic rings. The van der Waals surface area contributed by atoms with Crippen molar-refractivity contribution in [2.24, 2.45) is 23.7 Å². The average molecular weight is 511 g/mol. The predicted octanol–water partition coefficient (Wildman–Crippen LogP) is 6.78. The van der Waals surface area contributed by atoms with Crippen molar-refractivity contribution in [1.82, 2.24) is 0 Å². The molecule has 33 heavy (non-hydrogen) atoms. The van der Waals surface area contributed by atoms with Crippen molar-refractivity contribution in [3.63, 3.8) is 0 Å². The SMILES string of the molecule is [C]1=c2cccc(-c3ccc(C45CC6CC(CC(C6)C4)C5)cc3)c2=CC1=CC1CCCCC1.[Zr]. The first-order valence-corrected chi connectivity index (χ1v) is 13.3. The van der Waals surface area contributed by atoms with Crippen LogP contribution in [0.25, 0.3) is 23.3 Å². The smallest absolute Gasteiger partial charge is 0 e. The zero-order valence-electron chi connectivity index (χ0n) is 19.8. The van der Waals surface area contributed by atoms with Crippen LogP contribution in [-0.4, -0.2) is 0 Å². The number of hydrogen-bond donors (Lipinski definition) is 0. The molecule has 0 unspecified atom stereocenters. The van der Waals surface area contributed by atoms with Gasteiger partial charge in [-0.25, -0.2) is 0 Å². The molecule has 0 heterocycles. The van der Waals surface area contributed by atoms with Crippen molar-refractivity contribution < 1.29 is 26.2 Å². The first-order chi connectivity index (χ1) is 15.7. The summed E-state index contributed by atoms with van der Waals surface area (Å²) in [6.45, 7) is 0. The van der Waals surface area contributed by atoms with Gasteiger partial charge >= 0.3 is 0 Å². The van der Waals surface area contributed by atoms with Crippen LogP contribution in [0.5, 0.6) is 0 Å². The zero-order chi connectivity index (χ0) is 21.1. The molecule has 0 aromatic heterocycles. The third-order valence-corrected chi connectivity index (χ3v) is 9.60. The first kappa shape index (κ1) is 22.3. The Kier molecular flexibility index (Phi) is 5.93. The second-order valence-electron chi connectivity index (χ2n) is 11.8. The van der Waals surface area contributed by atoms with Gasteiger partial charge in [-0.2, -0.15) is 0 Å². The van der Waals surface area contributed by atoms with Gasteiger partial charge in [-0.05, 0) is 125 Å². The van der Waals surface area contributed by atoms with Gasteiger partial charge in [0, 0.05) is 26.2 Å². The molecular formula is C32H35Zr. The molecular weight excluding hydrogens is 476 g/mol. The summed E-state index contributed by atoms with van der Waals surface area (Å²) in [5.41, 5.74) is 6.18. The molecule has 167 valence electrons. The van der Waals surface area contributed by atoms with E-state index >= 15 is 0 Å². The van der Waals surface area contributed by atoms with Gasteiger partial charge in [0.1, 0.15) is 0 Å². The predicted molar refractivity (Wildman–Crippen MR) is 134 cm³/mol. The van der Waals surface area contributed by atoms with Gasteiger partial charge in [0.05, 0.1) is 0 Å². The topological polar surface area (TPSA) is 0 Å². The summed E-state index contributed by atoms with van der Waals surface area (Å²) < 4.78 is 0. The molecule has 5 saturated carbocycles. The van der Waals surface area contributed by atoms with E-state index in [0.717, 1.165) is 23.7 Å². The monoisotopic (exact) mass is 509 g/mol. The minimum Gasteiger partial charge on any atom is -0.0735 e. The number of fused-ring (bicyclic) bond motifs is 1. The Hall–Kier alpha value is -1.20. The molecule has 4 bridgehead atoms. The maximum atomic E-state index is 3.70. The summed E-state index contributed by atoms with van der Waals surface area (Å²) in [5.74, 6) is 3.77. The number of rotatable bonds is 3. The average Bonchev–Trinajstić information content (AvgIpc) is 3.21. The van der Waals surface area contributed by atoms with Gasteiger partial charge in [0.2, 0.25) is 0 Å². The fourth-order valence-electron chi connectivity index (χ4n) is 8.54. The summed E-state index contributed by atoms with van der Waals surface area (Å²) >= 11 is 0. The van der Waals surface area contributed by atoms with Crippen LogP contribution in [0.1, 0.15) is 76.2 Å². The molecule has 0 atom stereocenters. The van der Waals surface area contributed by atoms with E-state index in [1.54, 1.807) is 5.56 Å². The van der Waals surface area contributed by atoms with E-state index in [2.05, 4.69) is 60.7 Å². The van der Waals surface area contributed by atoms with Gasteiger partial charge in [0.15, 0.2) is 0 Å². The van der Waals surface area contributed by atoms with E-state index in [-0.39, 0.29) is 26.2 Å². The van der Waals surface area contributed by atoms with Crippen LogP contribution in [0.4, 0.5) is 0 Å². The Bertz CT molecular complexity index is 1140. The standard InChI is InChI=1S/C32H35.Zr/c1-2-5-22(6-3-1)13-23-17-28-7-4-8-30(31(28)18-23)27-9-11-29(12-10-27)32-19-24-14-25(20-32)16-26(15-24)21-32;/h4,7-13,18,22,24-26H,1-3,5-6,14-16,19-21H2;. The number of allylic oxidation sites excluding steroid dienone is 2. The fraction of sp³-hybridized carbons (Fsp3) is 0.500. The molecule has 2 aromatic carbocycles.